The zero-order chi connectivity index (χ0) is 19.2. The molecule has 1 nitrogen and oxygen atoms in total. The summed E-state index contributed by atoms with van der Waals surface area (Å²) in [4.78, 5) is 0. The van der Waals surface area contributed by atoms with E-state index in [4.69, 9.17) is 16.3 Å². The van der Waals surface area contributed by atoms with E-state index >= 15 is 0 Å². The Labute approximate surface area is 169 Å². The highest BCUT2D eigenvalue weighted by atomic mass is 35.5. The van der Waals surface area contributed by atoms with Crippen molar-refractivity contribution in [3.05, 3.63) is 34.6 Å². The summed E-state index contributed by atoms with van der Waals surface area (Å²) in [5.41, 5.74) is 1.78. The lowest BCUT2D eigenvalue weighted by molar-refractivity contribution is 0.189. The molecule has 2 aliphatic carbocycles. The molecule has 0 aromatic heterocycles. The van der Waals surface area contributed by atoms with Crippen LogP contribution in [0.15, 0.2) is 18.2 Å². The Morgan fingerprint density at radius 2 is 1.81 bits per heavy atom. The predicted octanol–water partition coefficient (Wildman–Crippen LogP) is 8.06. The molecule has 3 rings (SSSR count). The lowest BCUT2D eigenvalue weighted by Gasteiger charge is -2.35. The van der Waals surface area contributed by atoms with Crippen LogP contribution in [-0.4, -0.2) is 6.61 Å². The maximum Gasteiger partial charge on any atom is 0.153 e. The molecule has 0 radical (unpaired) electrons. The van der Waals surface area contributed by atoms with Crippen LogP contribution in [-0.2, 0) is 0 Å². The molecule has 1 fully saturated rings. The van der Waals surface area contributed by atoms with E-state index in [1.807, 2.05) is 19.1 Å². The van der Waals surface area contributed by atoms with Gasteiger partial charge >= 0.3 is 0 Å². The van der Waals surface area contributed by atoms with Gasteiger partial charge < -0.3 is 4.74 Å². The van der Waals surface area contributed by atoms with Gasteiger partial charge in [0, 0.05) is 5.56 Å². The molecule has 27 heavy (non-hydrogen) atoms. The fourth-order valence-corrected chi connectivity index (χ4v) is 5.21. The lowest BCUT2D eigenvalue weighted by Crippen LogP contribution is -2.23. The molecule has 1 aromatic carbocycles. The van der Waals surface area contributed by atoms with Gasteiger partial charge in [0.2, 0.25) is 0 Å². The van der Waals surface area contributed by atoms with E-state index < -0.39 is 0 Å². The molecule has 0 bridgehead atoms. The molecule has 2 aliphatic rings. The van der Waals surface area contributed by atoms with E-state index in [-0.39, 0.29) is 10.8 Å². The number of halogens is 2. The summed E-state index contributed by atoms with van der Waals surface area (Å²) in [5, 5.41) is 0.123. The number of rotatable bonds is 7. The quantitative estimate of drug-likeness (QED) is 0.455. The minimum Gasteiger partial charge on any atom is -0.492 e. The Morgan fingerprint density at radius 3 is 2.44 bits per heavy atom. The fourth-order valence-electron chi connectivity index (χ4n) is 4.99. The van der Waals surface area contributed by atoms with Crippen molar-refractivity contribution in [2.75, 3.05) is 6.61 Å². The van der Waals surface area contributed by atoms with E-state index in [1.54, 1.807) is 0 Å². The first kappa shape index (κ1) is 20.7. The Balaban J connectivity index is 1.61. The Morgan fingerprint density at radius 1 is 1.04 bits per heavy atom. The van der Waals surface area contributed by atoms with Crippen molar-refractivity contribution in [3.8, 4) is 5.75 Å². The predicted molar refractivity (Wildman–Crippen MR) is 113 cm³/mol. The minimum absolute atomic E-state index is 0.123. The van der Waals surface area contributed by atoms with Gasteiger partial charge in [0.25, 0.3) is 0 Å². The average Bonchev–Trinajstić information content (AvgIpc) is 2.70. The highest BCUT2D eigenvalue weighted by Crippen LogP contribution is 2.43. The molecule has 1 saturated carbocycles. The molecule has 3 heteroatoms. The molecular weight excluding hydrogens is 359 g/mol. The van der Waals surface area contributed by atoms with Gasteiger partial charge in [-0.1, -0.05) is 57.2 Å². The second-order valence-electron chi connectivity index (χ2n) is 8.42. The number of hydrogen-bond acceptors (Lipinski definition) is 1. The molecule has 0 spiro atoms. The summed E-state index contributed by atoms with van der Waals surface area (Å²) in [5.74, 6) is 2.75. The van der Waals surface area contributed by atoms with Crippen molar-refractivity contribution in [2.24, 2.45) is 17.8 Å². The van der Waals surface area contributed by atoms with Gasteiger partial charge in [-0.15, -0.1) is 0 Å². The molecule has 1 aromatic rings. The van der Waals surface area contributed by atoms with Crippen molar-refractivity contribution >= 4 is 17.2 Å². The van der Waals surface area contributed by atoms with Gasteiger partial charge in [-0.25, -0.2) is 4.39 Å². The monoisotopic (exact) mass is 392 g/mol. The van der Waals surface area contributed by atoms with Crippen LogP contribution < -0.4 is 4.74 Å². The number of benzene rings is 1. The van der Waals surface area contributed by atoms with Crippen LogP contribution in [0.2, 0.25) is 5.02 Å². The van der Waals surface area contributed by atoms with E-state index in [9.17, 15) is 4.39 Å². The van der Waals surface area contributed by atoms with Crippen molar-refractivity contribution in [2.45, 2.75) is 78.1 Å². The van der Waals surface area contributed by atoms with Crippen LogP contribution in [0.3, 0.4) is 0 Å². The summed E-state index contributed by atoms with van der Waals surface area (Å²) >= 11 is 6.22. The first-order valence-corrected chi connectivity index (χ1v) is 11.3. The van der Waals surface area contributed by atoms with Crippen molar-refractivity contribution < 1.29 is 9.13 Å². The van der Waals surface area contributed by atoms with Gasteiger partial charge in [0.15, 0.2) is 5.82 Å². The first-order chi connectivity index (χ1) is 13.1. The van der Waals surface area contributed by atoms with E-state index in [0.29, 0.717) is 17.9 Å². The van der Waals surface area contributed by atoms with Crippen LogP contribution in [0.5, 0.6) is 5.75 Å². The van der Waals surface area contributed by atoms with Gasteiger partial charge in [-0.3, -0.25) is 0 Å². The zero-order valence-electron chi connectivity index (χ0n) is 16.9. The van der Waals surface area contributed by atoms with Crippen LogP contribution in [0.25, 0.3) is 5.57 Å². The molecule has 0 saturated heterocycles. The maximum absolute atomic E-state index is 14.8. The van der Waals surface area contributed by atoms with E-state index in [1.165, 1.54) is 44.9 Å². The summed E-state index contributed by atoms with van der Waals surface area (Å²) in [6, 6.07) is 3.66. The largest absolute Gasteiger partial charge is 0.492 e. The third-order valence-corrected chi connectivity index (χ3v) is 6.91. The number of allylic oxidation sites excluding steroid dienone is 2. The van der Waals surface area contributed by atoms with E-state index in [0.717, 1.165) is 42.6 Å². The molecule has 0 aliphatic heterocycles. The molecule has 0 N–H and O–H groups in total. The van der Waals surface area contributed by atoms with Crippen LogP contribution in [0.4, 0.5) is 4.39 Å². The SMILES string of the molecule is CCCOc1ccc(C2=CCC(C3CCC(CCC)CC3)CC2)c(F)c1Cl. The Hall–Kier alpha value is -1.02. The molecular formula is C24H34ClFO. The van der Waals surface area contributed by atoms with E-state index in [2.05, 4.69) is 13.0 Å². The van der Waals surface area contributed by atoms with Gasteiger partial charge in [0.05, 0.1) is 6.61 Å². The number of hydrogen-bond donors (Lipinski definition) is 0. The topological polar surface area (TPSA) is 9.23 Å². The normalized spacial score (nSPS) is 25.9. The van der Waals surface area contributed by atoms with Gasteiger partial charge in [-0.2, -0.15) is 0 Å². The first-order valence-electron chi connectivity index (χ1n) is 10.9. The van der Waals surface area contributed by atoms with Crippen molar-refractivity contribution in [1.29, 1.82) is 0 Å². The van der Waals surface area contributed by atoms with Crippen LogP contribution in [0, 0.1) is 23.6 Å². The molecule has 0 heterocycles. The second-order valence-corrected chi connectivity index (χ2v) is 8.80. The molecule has 1 unspecified atom stereocenters. The van der Waals surface area contributed by atoms with Gasteiger partial charge in [-0.05, 0) is 74.0 Å². The number of ether oxygens (including phenoxy) is 1. The highest BCUT2D eigenvalue weighted by Gasteiger charge is 2.29. The molecule has 0 amide bonds. The average molecular weight is 393 g/mol. The Bertz CT molecular complexity index is 646. The Kier molecular flexibility index (Phi) is 7.64. The fraction of sp³-hybridized carbons (Fsp3) is 0.667. The third kappa shape index (κ3) is 5.08. The standard InChI is InChI=1S/C24H34ClFO/c1-3-5-17-6-8-18(9-7-17)19-10-12-20(13-11-19)21-14-15-22(27-16-4-2)23(25)24(21)26/h12,14-15,17-19H,3-11,13,16H2,1-2H3. The van der Waals surface area contributed by atoms with Crippen molar-refractivity contribution in [1.82, 2.24) is 0 Å². The minimum atomic E-state index is -0.324. The van der Waals surface area contributed by atoms with Gasteiger partial charge in [0.1, 0.15) is 10.8 Å². The van der Waals surface area contributed by atoms with Crippen molar-refractivity contribution in [3.63, 3.8) is 0 Å². The van der Waals surface area contributed by atoms with Crippen LogP contribution >= 0.6 is 11.6 Å². The lowest BCUT2D eigenvalue weighted by atomic mass is 9.70. The third-order valence-electron chi connectivity index (χ3n) is 6.56. The summed E-state index contributed by atoms with van der Waals surface area (Å²) in [7, 11) is 0. The zero-order valence-corrected chi connectivity index (χ0v) is 17.7. The summed E-state index contributed by atoms with van der Waals surface area (Å²) < 4.78 is 20.3. The highest BCUT2D eigenvalue weighted by molar-refractivity contribution is 6.32. The summed E-state index contributed by atoms with van der Waals surface area (Å²) in [6.45, 7) is 4.88. The molecule has 150 valence electrons. The second kappa shape index (κ2) is 9.96. The molecule has 1 atom stereocenters. The smallest absolute Gasteiger partial charge is 0.153 e. The summed E-state index contributed by atoms with van der Waals surface area (Å²) in [6.07, 6.45) is 14.7. The van der Waals surface area contributed by atoms with Crippen LogP contribution in [0.1, 0.15) is 83.6 Å². The maximum atomic E-state index is 14.8.